The Morgan fingerprint density at radius 3 is 3.00 bits per heavy atom. The van der Waals surface area contributed by atoms with Crippen LogP contribution in [-0.2, 0) is 0 Å². The number of hydrogen-bond acceptors (Lipinski definition) is 3. The van der Waals surface area contributed by atoms with Crippen molar-refractivity contribution in [1.82, 2.24) is 9.97 Å². The molecule has 2 aromatic heterocycles. The standard InChI is InChI=1S/C11H12N2O2/c1-7(2)15-10-3-4-12-9-5-8(6-14)13-11(9)10/h3-7,13H,1-2H3. The number of carbonyl (C=O) groups is 1. The van der Waals surface area contributed by atoms with Crippen LogP contribution < -0.4 is 4.74 Å². The maximum atomic E-state index is 10.6. The van der Waals surface area contributed by atoms with Crippen LogP contribution in [0, 0.1) is 0 Å². The number of aldehydes is 1. The normalized spacial score (nSPS) is 10.9. The molecule has 0 unspecified atom stereocenters. The molecule has 0 saturated carbocycles. The number of nitrogens with zero attached hydrogens (tertiary/aromatic N) is 1. The molecule has 2 heterocycles. The van der Waals surface area contributed by atoms with Crippen LogP contribution >= 0.6 is 0 Å². The fourth-order valence-corrected chi connectivity index (χ4v) is 1.44. The van der Waals surface area contributed by atoms with Crippen LogP contribution in [0.5, 0.6) is 5.75 Å². The molecule has 4 nitrogen and oxygen atoms in total. The molecule has 2 rings (SSSR count). The Labute approximate surface area is 87.3 Å². The van der Waals surface area contributed by atoms with Gasteiger partial charge in [-0.1, -0.05) is 0 Å². The van der Waals surface area contributed by atoms with Gasteiger partial charge in [0, 0.05) is 12.3 Å². The van der Waals surface area contributed by atoms with Gasteiger partial charge in [0.15, 0.2) is 6.29 Å². The minimum atomic E-state index is 0.0959. The van der Waals surface area contributed by atoms with Crippen molar-refractivity contribution in [3.05, 3.63) is 24.0 Å². The smallest absolute Gasteiger partial charge is 0.166 e. The van der Waals surface area contributed by atoms with E-state index in [1.807, 2.05) is 13.8 Å². The third kappa shape index (κ3) is 1.83. The summed E-state index contributed by atoms with van der Waals surface area (Å²) >= 11 is 0. The maximum Gasteiger partial charge on any atom is 0.166 e. The first kappa shape index (κ1) is 9.71. The summed E-state index contributed by atoms with van der Waals surface area (Å²) in [5.74, 6) is 0.725. The monoisotopic (exact) mass is 204 g/mol. The number of H-pyrrole nitrogens is 1. The molecule has 0 spiro atoms. The van der Waals surface area contributed by atoms with Gasteiger partial charge in [0.25, 0.3) is 0 Å². The number of nitrogens with one attached hydrogen (secondary N) is 1. The number of ether oxygens (including phenoxy) is 1. The first-order valence-electron chi connectivity index (χ1n) is 4.80. The van der Waals surface area contributed by atoms with Crippen LogP contribution in [0.1, 0.15) is 24.3 Å². The van der Waals surface area contributed by atoms with Crippen LogP contribution in [0.15, 0.2) is 18.3 Å². The summed E-state index contributed by atoms with van der Waals surface area (Å²) in [6.45, 7) is 3.91. The van der Waals surface area contributed by atoms with E-state index in [2.05, 4.69) is 9.97 Å². The second-order valence-corrected chi connectivity index (χ2v) is 3.58. The van der Waals surface area contributed by atoms with Crippen molar-refractivity contribution in [3.63, 3.8) is 0 Å². The molecule has 0 aliphatic rings. The molecule has 2 aromatic rings. The number of hydrogen-bond donors (Lipinski definition) is 1. The topological polar surface area (TPSA) is 55.0 Å². The van der Waals surface area contributed by atoms with E-state index in [0.29, 0.717) is 5.69 Å². The first-order valence-corrected chi connectivity index (χ1v) is 4.80. The van der Waals surface area contributed by atoms with Crippen LogP contribution in [0.4, 0.5) is 0 Å². The van der Waals surface area contributed by atoms with Crippen LogP contribution in [0.25, 0.3) is 11.0 Å². The fraction of sp³-hybridized carbons (Fsp3) is 0.273. The molecular weight excluding hydrogens is 192 g/mol. The number of pyridine rings is 1. The largest absolute Gasteiger partial charge is 0.489 e. The van der Waals surface area contributed by atoms with Gasteiger partial charge < -0.3 is 9.72 Å². The minimum Gasteiger partial charge on any atom is -0.489 e. The number of aromatic nitrogens is 2. The van der Waals surface area contributed by atoms with Crippen molar-refractivity contribution in [2.45, 2.75) is 20.0 Å². The number of carbonyl (C=O) groups excluding carboxylic acids is 1. The summed E-state index contributed by atoms with van der Waals surface area (Å²) in [6.07, 6.45) is 2.53. The molecule has 0 atom stereocenters. The van der Waals surface area contributed by atoms with Gasteiger partial charge in [-0.15, -0.1) is 0 Å². The average molecular weight is 204 g/mol. The molecular formula is C11H12N2O2. The van der Waals surface area contributed by atoms with Gasteiger partial charge in [0.1, 0.15) is 11.3 Å². The van der Waals surface area contributed by atoms with Crippen LogP contribution in [-0.4, -0.2) is 22.4 Å². The van der Waals surface area contributed by atoms with Gasteiger partial charge in [0.2, 0.25) is 0 Å². The second kappa shape index (κ2) is 3.73. The van der Waals surface area contributed by atoms with Crippen molar-refractivity contribution >= 4 is 17.3 Å². The summed E-state index contributed by atoms with van der Waals surface area (Å²) in [5, 5.41) is 0. The van der Waals surface area contributed by atoms with E-state index in [9.17, 15) is 4.79 Å². The Bertz CT molecular complexity index is 488. The highest BCUT2D eigenvalue weighted by atomic mass is 16.5. The van der Waals surface area contributed by atoms with Crippen molar-refractivity contribution in [3.8, 4) is 5.75 Å². The van der Waals surface area contributed by atoms with E-state index in [4.69, 9.17) is 4.74 Å². The lowest BCUT2D eigenvalue weighted by molar-refractivity contribution is 0.112. The van der Waals surface area contributed by atoms with Crippen molar-refractivity contribution in [2.24, 2.45) is 0 Å². The summed E-state index contributed by atoms with van der Waals surface area (Å²) in [4.78, 5) is 17.7. The summed E-state index contributed by atoms with van der Waals surface area (Å²) in [6, 6.07) is 3.49. The van der Waals surface area contributed by atoms with E-state index >= 15 is 0 Å². The Morgan fingerprint density at radius 1 is 1.53 bits per heavy atom. The lowest BCUT2D eigenvalue weighted by Gasteiger charge is -2.09. The zero-order valence-corrected chi connectivity index (χ0v) is 8.65. The van der Waals surface area contributed by atoms with Gasteiger partial charge >= 0.3 is 0 Å². The molecule has 0 saturated heterocycles. The Balaban J connectivity index is 2.54. The molecule has 0 aromatic carbocycles. The molecule has 4 heteroatoms. The zero-order valence-electron chi connectivity index (χ0n) is 8.65. The van der Waals surface area contributed by atoms with E-state index in [1.54, 1.807) is 18.3 Å². The molecule has 0 aliphatic heterocycles. The third-order valence-electron chi connectivity index (χ3n) is 1.99. The molecule has 0 aliphatic carbocycles. The zero-order chi connectivity index (χ0) is 10.8. The lowest BCUT2D eigenvalue weighted by Crippen LogP contribution is -2.05. The maximum absolute atomic E-state index is 10.6. The van der Waals surface area contributed by atoms with Crippen LogP contribution in [0.3, 0.4) is 0 Å². The second-order valence-electron chi connectivity index (χ2n) is 3.58. The number of rotatable bonds is 3. The van der Waals surface area contributed by atoms with Gasteiger partial charge in [-0.25, -0.2) is 0 Å². The predicted octanol–water partition coefficient (Wildman–Crippen LogP) is 2.16. The molecule has 78 valence electrons. The Hall–Kier alpha value is -1.84. The van der Waals surface area contributed by atoms with E-state index < -0.39 is 0 Å². The number of fused-ring (bicyclic) bond motifs is 1. The molecule has 15 heavy (non-hydrogen) atoms. The van der Waals surface area contributed by atoms with Crippen molar-refractivity contribution < 1.29 is 9.53 Å². The van der Waals surface area contributed by atoms with Crippen molar-refractivity contribution in [1.29, 1.82) is 0 Å². The average Bonchev–Trinajstić information content (AvgIpc) is 2.61. The molecule has 0 bridgehead atoms. The molecule has 0 radical (unpaired) electrons. The lowest BCUT2D eigenvalue weighted by atomic mass is 10.3. The SMILES string of the molecule is CC(C)Oc1ccnc2cc(C=O)[nH]c12. The number of aromatic amines is 1. The summed E-state index contributed by atoms with van der Waals surface area (Å²) in [7, 11) is 0. The molecule has 0 amide bonds. The van der Waals surface area contributed by atoms with Gasteiger partial charge in [-0.05, 0) is 19.9 Å². The third-order valence-corrected chi connectivity index (χ3v) is 1.99. The Morgan fingerprint density at radius 2 is 2.33 bits per heavy atom. The van der Waals surface area contributed by atoms with E-state index in [0.717, 1.165) is 23.1 Å². The van der Waals surface area contributed by atoms with Gasteiger partial charge in [-0.3, -0.25) is 9.78 Å². The fourth-order valence-electron chi connectivity index (χ4n) is 1.44. The van der Waals surface area contributed by atoms with Gasteiger partial charge in [0.05, 0.1) is 17.3 Å². The molecule has 1 N–H and O–H groups in total. The quantitative estimate of drug-likeness (QED) is 0.779. The first-order chi connectivity index (χ1) is 7.20. The highest BCUT2D eigenvalue weighted by molar-refractivity contribution is 5.88. The Kier molecular flexibility index (Phi) is 2.41. The minimum absolute atomic E-state index is 0.0959. The summed E-state index contributed by atoms with van der Waals surface area (Å²) in [5.41, 5.74) is 2.03. The highest BCUT2D eigenvalue weighted by Crippen LogP contribution is 2.24. The van der Waals surface area contributed by atoms with E-state index in [-0.39, 0.29) is 6.10 Å². The summed E-state index contributed by atoms with van der Waals surface area (Å²) < 4.78 is 5.60. The van der Waals surface area contributed by atoms with Crippen LogP contribution in [0.2, 0.25) is 0 Å². The van der Waals surface area contributed by atoms with E-state index in [1.165, 1.54) is 0 Å². The molecule has 0 fully saturated rings. The predicted molar refractivity (Wildman–Crippen MR) is 57.2 cm³/mol. The highest BCUT2D eigenvalue weighted by Gasteiger charge is 2.07. The van der Waals surface area contributed by atoms with Gasteiger partial charge in [-0.2, -0.15) is 0 Å². The van der Waals surface area contributed by atoms with Crippen molar-refractivity contribution in [2.75, 3.05) is 0 Å².